The Bertz CT molecular complexity index is 503. The van der Waals surface area contributed by atoms with E-state index in [0.717, 1.165) is 29.7 Å². The molecule has 0 aliphatic heterocycles. The van der Waals surface area contributed by atoms with E-state index in [4.69, 9.17) is 16.3 Å². The van der Waals surface area contributed by atoms with Gasteiger partial charge in [-0.05, 0) is 18.6 Å². The number of methoxy groups -OCH3 is 1. The number of ether oxygens (including phenoxy) is 1. The van der Waals surface area contributed by atoms with Crippen LogP contribution in [0.15, 0.2) is 24.3 Å². The molecule has 0 saturated heterocycles. The molecule has 0 radical (unpaired) electrons. The number of aromatic nitrogens is 2. The third kappa shape index (κ3) is 2.52. The average Bonchev–Trinajstić information content (AvgIpc) is 2.76. The molecule has 0 amide bonds. The molecule has 1 heterocycles. The normalized spacial score (nSPS) is 13.1. The summed E-state index contributed by atoms with van der Waals surface area (Å²) in [7, 11) is 1.74. The molecule has 0 aliphatic rings. The Morgan fingerprint density at radius 2 is 2.17 bits per heavy atom. The summed E-state index contributed by atoms with van der Waals surface area (Å²) in [6.45, 7) is 2.88. The lowest BCUT2D eigenvalue weighted by Gasteiger charge is -2.20. The van der Waals surface area contributed by atoms with Gasteiger partial charge in [-0.1, -0.05) is 25.5 Å². The molecule has 2 rings (SSSR count). The van der Waals surface area contributed by atoms with Crippen molar-refractivity contribution in [1.29, 1.82) is 0 Å². The first-order chi connectivity index (χ1) is 8.81. The summed E-state index contributed by atoms with van der Waals surface area (Å²) in [6.07, 6.45) is 2.18. The Labute approximate surface area is 113 Å². The number of halogens is 1. The highest BCUT2D eigenvalue weighted by molar-refractivity contribution is 6.16. The predicted octanol–water partition coefficient (Wildman–Crippen LogP) is 3.76. The fourth-order valence-electron chi connectivity index (χ4n) is 2.41. The minimum absolute atomic E-state index is 0.307. The lowest BCUT2D eigenvalue weighted by molar-refractivity contribution is 0.151. The Hall–Kier alpha value is -1.06. The number of rotatable bonds is 6. The van der Waals surface area contributed by atoms with E-state index in [-0.39, 0.29) is 0 Å². The van der Waals surface area contributed by atoms with E-state index in [9.17, 15) is 0 Å². The van der Waals surface area contributed by atoms with E-state index in [1.54, 1.807) is 7.11 Å². The van der Waals surface area contributed by atoms with Crippen LogP contribution in [0.1, 0.15) is 31.6 Å². The zero-order valence-electron chi connectivity index (χ0n) is 10.9. The maximum absolute atomic E-state index is 6.02. The second kappa shape index (κ2) is 6.21. The Morgan fingerprint density at radius 1 is 1.39 bits per heavy atom. The number of benzene rings is 1. The molecule has 0 saturated carbocycles. The summed E-state index contributed by atoms with van der Waals surface area (Å²) < 4.78 is 7.57. The van der Waals surface area contributed by atoms with Gasteiger partial charge in [0.05, 0.1) is 29.6 Å². The van der Waals surface area contributed by atoms with Gasteiger partial charge in [-0.2, -0.15) is 0 Å². The highest BCUT2D eigenvalue weighted by atomic mass is 35.5. The zero-order valence-corrected chi connectivity index (χ0v) is 11.7. The third-order valence-corrected chi connectivity index (χ3v) is 3.37. The molecular weight excluding hydrogens is 248 g/mol. The van der Waals surface area contributed by atoms with Crippen LogP contribution in [0.3, 0.4) is 0 Å². The molecule has 1 unspecified atom stereocenters. The molecule has 1 aromatic carbocycles. The lowest BCUT2D eigenvalue weighted by Crippen LogP contribution is -2.16. The van der Waals surface area contributed by atoms with Crippen molar-refractivity contribution in [3.05, 3.63) is 30.1 Å². The van der Waals surface area contributed by atoms with Crippen LogP contribution < -0.4 is 0 Å². The summed E-state index contributed by atoms with van der Waals surface area (Å²) in [6, 6.07) is 8.46. The molecule has 18 heavy (non-hydrogen) atoms. The summed E-state index contributed by atoms with van der Waals surface area (Å²) in [4.78, 5) is 4.59. The van der Waals surface area contributed by atoms with Gasteiger partial charge in [-0.25, -0.2) is 4.98 Å². The molecule has 1 atom stereocenters. The molecule has 0 aliphatic carbocycles. The van der Waals surface area contributed by atoms with Gasteiger partial charge in [0.15, 0.2) is 0 Å². The van der Waals surface area contributed by atoms with Crippen molar-refractivity contribution in [3.63, 3.8) is 0 Å². The number of fused-ring (bicyclic) bond motifs is 1. The first-order valence-electron chi connectivity index (χ1n) is 6.32. The maximum Gasteiger partial charge on any atom is 0.125 e. The number of hydrogen-bond acceptors (Lipinski definition) is 2. The number of nitrogens with zero attached hydrogens (tertiary/aromatic N) is 2. The topological polar surface area (TPSA) is 27.1 Å². The van der Waals surface area contributed by atoms with Crippen molar-refractivity contribution in [2.45, 2.75) is 31.7 Å². The molecule has 4 heteroatoms. The van der Waals surface area contributed by atoms with Gasteiger partial charge < -0.3 is 9.30 Å². The van der Waals surface area contributed by atoms with Gasteiger partial charge in [0.1, 0.15) is 5.82 Å². The molecule has 2 aromatic rings. The van der Waals surface area contributed by atoms with E-state index >= 15 is 0 Å². The van der Waals surface area contributed by atoms with Crippen molar-refractivity contribution in [2.24, 2.45) is 0 Å². The van der Waals surface area contributed by atoms with Gasteiger partial charge in [0, 0.05) is 7.11 Å². The molecule has 0 fully saturated rings. The standard InChI is InChI=1S/C14H19ClN2O/c1-3-6-11(10-18-2)17-13-8-5-4-7-12(13)16-14(17)9-15/h4-5,7-8,11H,3,6,9-10H2,1-2H3. The summed E-state index contributed by atoms with van der Waals surface area (Å²) in [5, 5.41) is 0. The Morgan fingerprint density at radius 3 is 2.83 bits per heavy atom. The zero-order chi connectivity index (χ0) is 13.0. The number of para-hydroxylation sites is 2. The van der Waals surface area contributed by atoms with Crippen LogP contribution in [0.2, 0.25) is 0 Å². The summed E-state index contributed by atoms with van der Waals surface area (Å²) in [5.41, 5.74) is 2.15. The van der Waals surface area contributed by atoms with Crippen molar-refractivity contribution in [2.75, 3.05) is 13.7 Å². The quantitative estimate of drug-likeness (QED) is 0.745. The third-order valence-electron chi connectivity index (χ3n) is 3.13. The van der Waals surface area contributed by atoms with E-state index in [0.29, 0.717) is 18.5 Å². The van der Waals surface area contributed by atoms with Crippen LogP contribution in [-0.2, 0) is 10.6 Å². The van der Waals surface area contributed by atoms with E-state index in [2.05, 4.69) is 22.5 Å². The van der Waals surface area contributed by atoms with Crippen LogP contribution in [0.4, 0.5) is 0 Å². The second-order valence-electron chi connectivity index (χ2n) is 4.42. The van der Waals surface area contributed by atoms with Crippen molar-refractivity contribution in [3.8, 4) is 0 Å². The Kier molecular flexibility index (Phi) is 4.61. The highest BCUT2D eigenvalue weighted by Gasteiger charge is 2.17. The van der Waals surface area contributed by atoms with Crippen LogP contribution >= 0.6 is 11.6 Å². The van der Waals surface area contributed by atoms with E-state index in [1.165, 1.54) is 0 Å². The molecule has 0 bridgehead atoms. The number of imidazole rings is 1. The van der Waals surface area contributed by atoms with Gasteiger partial charge in [0.2, 0.25) is 0 Å². The van der Waals surface area contributed by atoms with E-state index < -0.39 is 0 Å². The van der Waals surface area contributed by atoms with Crippen molar-refractivity contribution < 1.29 is 4.74 Å². The fraction of sp³-hybridized carbons (Fsp3) is 0.500. The minimum atomic E-state index is 0.307. The highest BCUT2D eigenvalue weighted by Crippen LogP contribution is 2.25. The van der Waals surface area contributed by atoms with Gasteiger partial charge in [-0.15, -0.1) is 11.6 Å². The maximum atomic E-state index is 6.02. The van der Waals surface area contributed by atoms with Crippen LogP contribution in [-0.4, -0.2) is 23.3 Å². The second-order valence-corrected chi connectivity index (χ2v) is 4.69. The number of hydrogen-bond donors (Lipinski definition) is 0. The largest absolute Gasteiger partial charge is 0.383 e. The fourth-order valence-corrected chi connectivity index (χ4v) is 2.60. The van der Waals surface area contributed by atoms with Gasteiger partial charge >= 0.3 is 0 Å². The summed E-state index contributed by atoms with van der Waals surface area (Å²) in [5.74, 6) is 1.35. The first-order valence-corrected chi connectivity index (χ1v) is 6.86. The molecule has 0 N–H and O–H groups in total. The van der Waals surface area contributed by atoms with Crippen molar-refractivity contribution >= 4 is 22.6 Å². The Balaban J connectivity index is 2.51. The van der Waals surface area contributed by atoms with E-state index in [1.807, 2.05) is 18.2 Å². The molecule has 3 nitrogen and oxygen atoms in total. The van der Waals surface area contributed by atoms with Crippen LogP contribution in [0, 0.1) is 0 Å². The molecule has 1 aromatic heterocycles. The SMILES string of the molecule is CCCC(COC)n1c(CCl)nc2ccccc21. The monoisotopic (exact) mass is 266 g/mol. The van der Waals surface area contributed by atoms with Crippen LogP contribution in [0.5, 0.6) is 0 Å². The number of alkyl halides is 1. The van der Waals surface area contributed by atoms with Gasteiger partial charge in [0.25, 0.3) is 0 Å². The van der Waals surface area contributed by atoms with Gasteiger partial charge in [-0.3, -0.25) is 0 Å². The minimum Gasteiger partial charge on any atom is -0.383 e. The molecular formula is C14H19ClN2O. The van der Waals surface area contributed by atoms with Crippen molar-refractivity contribution in [1.82, 2.24) is 9.55 Å². The average molecular weight is 267 g/mol. The smallest absolute Gasteiger partial charge is 0.125 e. The molecule has 98 valence electrons. The first kappa shape index (κ1) is 13.4. The lowest BCUT2D eigenvalue weighted by atomic mass is 10.1. The predicted molar refractivity (Wildman–Crippen MR) is 75.1 cm³/mol. The van der Waals surface area contributed by atoms with Crippen LogP contribution in [0.25, 0.3) is 11.0 Å². The molecule has 0 spiro atoms. The summed E-state index contributed by atoms with van der Waals surface area (Å²) >= 11 is 6.02.